The van der Waals surface area contributed by atoms with Crippen LogP contribution in [0.5, 0.6) is 0 Å². The summed E-state index contributed by atoms with van der Waals surface area (Å²) in [4.78, 5) is 16.7. The van der Waals surface area contributed by atoms with Crippen molar-refractivity contribution in [1.82, 2.24) is 4.98 Å². The van der Waals surface area contributed by atoms with Crippen LogP contribution in [0, 0.1) is 11.3 Å². The van der Waals surface area contributed by atoms with Crippen LogP contribution in [-0.4, -0.2) is 11.1 Å². The van der Waals surface area contributed by atoms with Crippen LogP contribution in [0.3, 0.4) is 0 Å². The zero-order valence-electron chi connectivity index (χ0n) is 5.48. The largest absolute Gasteiger partial charge is 0.243 e. The van der Waals surface area contributed by atoms with Crippen molar-refractivity contribution < 1.29 is 4.79 Å². The van der Waals surface area contributed by atoms with Gasteiger partial charge in [-0.05, 0) is 12.1 Å². The highest BCUT2D eigenvalue weighted by atomic mass is 16.1. The lowest BCUT2D eigenvalue weighted by atomic mass is 10.3. The van der Waals surface area contributed by atoms with Crippen LogP contribution in [0.2, 0.25) is 0 Å². The number of hydrogen-bond acceptors (Lipinski definition) is 4. The summed E-state index contributed by atoms with van der Waals surface area (Å²) < 4.78 is 0. The minimum absolute atomic E-state index is 0.301. The SMILES string of the molecule is N#Cc1ccc(N=C=O)cn1. The van der Waals surface area contributed by atoms with Gasteiger partial charge in [0.1, 0.15) is 11.8 Å². The second kappa shape index (κ2) is 3.25. The third-order valence-electron chi connectivity index (χ3n) is 1.04. The van der Waals surface area contributed by atoms with Crippen LogP contribution >= 0.6 is 0 Å². The Morgan fingerprint density at radius 3 is 2.82 bits per heavy atom. The first-order valence-corrected chi connectivity index (χ1v) is 2.81. The van der Waals surface area contributed by atoms with Crippen molar-refractivity contribution in [3.8, 4) is 6.07 Å². The molecule has 0 atom stereocenters. The lowest BCUT2D eigenvalue weighted by Gasteiger charge is -1.87. The van der Waals surface area contributed by atoms with E-state index in [1.54, 1.807) is 0 Å². The lowest BCUT2D eigenvalue weighted by molar-refractivity contribution is 0.565. The van der Waals surface area contributed by atoms with E-state index < -0.39 is 0 Å². The molecule has 0 aliphatic rings. The van der Waals surface area contributed by atoms with E-state index >= 15 is 0 Å². The van der Waals surface area contributed by atoms with Gasteiger partial charge >= 0.3 is 0 Å². The van der Waals surface area contributed by atoms with Crippen LogP contribution in [-0.2, 0) is 4.79 Å². The summed E-state index contributed by atoms with van der Waals surface area (Å²) >= 11 is 0. The van der Waals surface area contributed by atoms with Crippen LogP contribution in [0.15, 0.2) is 23.3 Å². The highest BCUT2D eigenvalue weighted by Crippen LogP contribution is 2.07. The predicted molar refractivity (Wildman–Crippen MR) is 36.7 cm³/mol. The molecular weight excluding hydrogens is 142 g/mol. The maximum atomic E-state index is 9.74. The number of hydrogen-bond donors (Lipinski definition) is 0. The molecule has 0 aliphatic carbocycles. The summed E-state index contributed by atoms with van der Waals surface area (Å²) in [5.41, 5.74) is 0.703. The van der Waals surface area contributed by atoms with E-state index in [-0.39, 0.29) is 0 Å². The molecule has 1 heterocycles. The van der Waals surface area contributed by atoms with Gasteiger partial charge < -0.3 is 0 Å². The Morgan fingerprint density at radius 2 is 2.36 bits per heavy atom. The zero-order chi connectivity index (χ0) is 8.10. The number of carbonyl (C=O) groups excluding carboxylic acids is 1. The lowest BCUT2D eigenvalue weighted by Crippen LogP contribution is -1.77. The third-order valence-corrected chi connectivity index (χ3v) is 1.04. The molecule has 0 unspecified atom stereocenters. The summed E-state index contributed by atoms with van der Waals surface area (Å²) in [6.07, 6.45) is 2.71. The van der Waals surface area contributed by atoms with E-state index in [2.05, 4.69) is 9.98 Å². The van der Waals surface area contributed by atoms with Gasteiger partial charge in [0.2, 0.25) is 6.08 Å². The van der Waals surface area contributed by atoms with Crippen molar-refractivity contribution in [3.63, 3.8) is 0 Å². The fraction of sp³-hybridized carbons (Fsp3) is 0. The van der Waals surface area contributed by atoms with Crippen molar-refractivity contribution in [3.05, 3.63) is 24.0 Å². The van der Waals surface area contributed by atoms with Gasteiger partial charge in [-0.2, -0.15) is 10.3 Å². The van der Waals surface area contributed by atoms with E-state index in [9.17, 15) is 4.79 Å². The molecule has 0 saturated carbocycles. The zero-order valence-corrected chi connectivity index (χ0v) is 5.48. The van der Waals surface area contributed by atoms with E-state index in [0.29, 0.717) is 11.4 Å². The molecule has 0 fully saturated rings. The Hall–Kier alpha value is -1.98. The van der Waals surface area contributed by atoms with Gasteiger partial charge in [0.25, 0.3) is 0 Å². The monoisotopic (exact) mass is 145 g/mol. The number of aliphatic imine (C=N–C) groups is 1. The molecule has 1 aromatic rings. The molecule has 1 rings (SSSR count). The van der Waals surface area contributed by atoms with Crippen LogP contribution < -0.4 is 0 Å². The Balaban J connectivity index is 3.02. The topological polar surface area (TPSA) is 66.1 Å². The van der Waals surface area contributed by atoms with Gasteiger partial charge in [-0.1, -0.05) is 0 Å². The predicted octanol–water partition coefficient (Wildman–Crippen LogP) is 0.921. The number of pyridine rings is 1. The van der Waals surface area contributed by atoms with E-state index in [1.807, 2.05) is 6.07 Å². The van der Waals surface area contributed by atoms with Gasteiger partial charge in [0.15, 0.2) is 0 Å². The third kappa shape index (κ3) is 1.71. The number of nitrogens with zero attached hydrogens (tertiary/aromatic N) is 3. The molecular formula is C7H3N3O. The minimum Gasteiger partial charge on any atom is -0.243 e. The molecule has 0 amide bonds. The molecule has 0 N–H and O–H groups in total. The summed E-state index contributed by atoms with van der Waals surface area (Å²) in [5, 5.41) is 8.34. The summed E-state index contributed by atoms with van der Waals surface area (Å²) in [6, 6.07) is 4.85. The number of nitriles is 1. The Kier molecular flexibility index (Phi) is 2.11. The number of isocyanates is 1. The van der Waals surface area contributed by atoms with Crippen LogP contribution in [0.4, 0.5) is 5.69 Å². The maximum absolute atomic E-state index is 9.74. The van der Waals surface area contributed by atoms with Crippen molar-refractivity contribution >= 4 is 11.8 Å². The highest BCUT2D eigenvalue weighted by Gasteiger charge is 1.90. The first-order valence-electron chi connectivity index (χ1n) is 2.81. The minimum atomic E-state index is 0.301. The van der Waals surface area contributed by atoms with Gasteiger partial charge in [-0.25, -0.2) is 9.78 Å². The standard InChI is InChI=1S/C7H3N3O/c8-3-6-1-2-7(4-9-6)10-5-11/h1-2,4H. The first kappa shape index (κ1) is 7.13. The molecule has 0 aromatic carbocycles. The van der Waals surface area contributed by atoms with Crippen LogP contribution in [0.1, 0.15) is 5.69 Å². The van der Waals surface area contributed by atoms with Gasteiger partial charge in [-0.3, -0.25) is 0 Å². The molecule has 0 spiro atoms. The summed E-state index contributed by atoms with van der Waals surface area (Å²) in [5.74, 6) is 0. The molecule has 0 bridgehead atoms. The van der Waals surface area contributed by atoms with E-state index in [4.69, 9.17) is 5.26 Å². The summed E-state index contributed by atoms with van der Waals surface area (Å²) in [7, 11) is 0. The first-order chi connectivity index (χ1) is 5.36. The molecule has 1 aromatic heterocycles. The molecule has 4 nitrogen and oxygen atoms in total. The van der Waals surface area contributed by atoms with Crippen molar-refractivity contribution in [2.45, 2.75) is 0 Å². The molecule has 0 saturated heterocycles. The van der Waals surface area contributed by atoms with Gasteiger partial charge in [0.05, 0.1) is 11.9 Å². The normalized spacial score (nSPS) is 7.91. The Labute approximate surface area is 62.8 Å². The van der Waals surface area contributed by atoms with E-state index in [0.717, 1.165) is 0 Å². The van der Waals surface area contributed by atoms with Crippen LogP contribution in [0.25, 0.3) is 0 Å². The fourth-order valence-corrected chi connectivity index (χ4v) is 0.571. The second-order valence-corrected chi connectivity index (χ2v) is 1.72. The average Bonchev–Trinajstić information content (AvgIpc) is 2.07. The van der Waals surface area contributed by atoms with Gasteiger partial charge in [0, 0.05) is 0 Å². The maximum Gasteiger partial charge on any atom is 0.240 e. The van der Waals surface area contributed by atoms with Crippen molar-refractivity contribution in [1.29, 1.82) is 5.26 Å². The fourth-order valence-electron chi connectivity index (χ4n) is 0.571. The molecule has 4 heteroatoms. The summed E-state index contributed by atoms with van der Waals surface area (Å²) in [6.45, 7) is 0. The Bertz CT molecular complexity index is 330. The second-order valence-electron chi connectivity index (χ2n) is 1.72. The van der Waals surface area contributed by atoms with E-state index in [1.165, 1.54) is 24.4 Å². The molecule has 0 radical (unpaired) electrons. The molecule has 52 valence electrons. The quantitative estimate of drug-likeness (QED) is 0.436. The average molecular weight is 145 g/mol. The van der Waals surface area contributed by atoms with Crippen molar-refractivity contribution in [2.75, 3.05) is 0 Å². The molecule has 11 heavy (non-hydrogen) atoms. The highest BCUT2D eigenvalue weighted by molar-refractivity contribution is 5.47. The molecule has 0 aliphatic heterocycles. The van der Waals surface area contributed by atoms with Crippen molar-refractivity contribution in [2.24, 2.45) is 4.99 Å². The smallest absolute Gasteiger partial charge is 0.240 e. The number of rotatable bonds is 1. The Morgan fingerprint density at radius 1 is 1.55 bits per heavy atom. The number of aromatic nitrogens is 1. The van der Waals surface area contributed by atoms with Gasteiger partial charge in [-0.15, -0.1) is 0 Å².